The second kappa shape index (κ2) is 6.74. The number of benzene rings is 2. The van der Waals surface area contributed by atoms with Crippen LogP contribution in [0.3, 0.4) is 0 Å². The highest BCUT2D eigenvalue weighted by molar-refractivity contribution is 6.07. The fraction of sp³-hybridized carbons (Fsp3) is 0.263. The lowest BCUT2D eigenvalue weighted by Crippen LogP contribution is -2.28. The van der Waals surface area contributed by atoms with Crippen molar-refractivity contribution >= 4 is 17.3 Å². The molecule has 0 radical (unpaired) electrons. The number of carbonyl (C=O) groups excluding carboxylic acids is 1. The predicted octanol–water partition coefficient (Wildman–Crippen LogP) is 3.44. The number of carbonyl (C=O) groups is 1. The molecule has 0 saturated carbocycles. The van der Waals surface area contributed by atoms with E-state index in [0.717, 1.165) is 22.6 Å². The highest BCUT2D eigenvalue weighted by atomic mass is 16.6. The zero-order valence-corrected chi connectivity index (χ0v) is 14.0. The van der Waals surface area contributed by atoms with Crippen LogP contribution in [0.4, 0.5) is 5.69 Å². The van der Waals surface area contributed by atoms with E-state index in [1.54, 1.807) is 7.11 Å². The van der Waals surface area contributed by atoms with Gasteiger partial charge in [0, 0.05) is 17.7 Å². The quantitative estimate of drug-likeness (QED) is 0.937. The summed E-state index contributed by atoms with van der Waals surface area (Å²) in [5.74, 6) is 0.516. The summed E-state index contributed by atoms with van der Waals surface area (Å²) in [4.78, 5) is 17.7. The van der Waals surface area contributed by atoms with Crippen molar-refractivity contribution in [2.45, 2.75) is 26.4 Å². The van der Waals surface area contributed by atoms with E-state index in [4.69, 9.17) is 9.57 Å². The predicted molar refractivity (Wildman–Crippen MR) is 93.6 cm³/mol. The first-order valence-electron chi connectivity index (χ1n) is 7.82. The molecule has 24 heavy (non-hydrogen) atoms. The Hall–Kier alpha value is -2.82. The van der Waals surface area contributed by atoms with Crippen LogP contribution in [-0.2, 0) is 9.63 Å². The minimum atomic E-state index is -0.633. The van der Waals surface area contributed by atoms with Crippen LogP contribution in [0.1, 0.15) is 23.1 Å². The van der Waals surface area contributed by atoms with Gasteiger partial charge >= 0.3 is 0 Å². The first-order chi connectivity index (χ1) is 11.6. The highest BCUT2D eigenvalue weighted by Gasteiger charge is 2.30. The van der Waals surface area contributed by atoms with Crippen LogP contribution in [0, 0.1) is 13.8 Å². The molecule has 1 aliphatic heterocycles. The van der Waals surface area contributed by atoms with Crippen molar-refractivity contribution in [3.63, 3.8) is 0 Å². The summed E-state index contributed by atoms with van der Waals surface area (Å²) in [6.07, 6.45) is -0.219. The molecule has 2 aromatic carbocycles. The molecule has 1 aliphatic rings. The van der Waals surface area contributed by atoms with Gasteiger partial charge in [-0.3, -0.25) is 4.79 Å². The number of aryl methyl sites for hydroxylation is 2. The van der Waals surface area contributed by atoms with Crippen LogP contribution < -0.4 is 10.1 Å². The van der Waals surface area contributed by atoms with Crippen molar-refractivity contribution < 1.29 is 14.4 Å². The molecule has 0 saturated heterocycles. The SMILES string of the molecule is COc1ccccc1C1=NOC(C(=O)Nc2ccc(C)c(C)c2)C1. The van der Waals surface area contributed by atoms with Gasteiger partial charge in [-0.15, -0.1) is 0 Å². The minimum absolute atomic E-state index is 0.202. The van der Waals surface area contributed by atoms with Crippen LogP contribution in [0.25, 0.3) is 0 Å². The van der Waals surface area contributed by atoms with E-state index in [-0.39, 0.29) is 5.91 Å². The van der Waals surface area contributed by atoms with Gasteiger partial charge in [0.25, 0.3) is 5.91 Å². The van der Waals surface area contributed by atoms with Crippen molar-refractivity contribution in [3.8, 4) is 5.75 Å². The van der Waals surface area contributed by atoms with Gasteiger partial charge in [-0.1, -0.05) is 23.4 Å². The molecule has 1 unspecified atom stereocenters. The fourth-order valence-corrected chi connectivity index (χ4v) is 2.60. The summed E-state index contributed by atoms with van der Waals surface area (Å²) in [7, 11) is 1.61. The number of amides is 1. The van der Waals surface area contributed by atoms with Crippen LogP contribution in [0.2, 0.25) is 0 Å². The number of anilines is 1. The molecule has 124 valence electrons. The summed E-state index contributed by atoms with van der Waals surface area (Å²) in [5.41, 5.74) is 4.64. The van der Waals surface area contributed by atoms with Gasteiger partial charge in [-0.25, -0.2) is 0 Å². The molecule has 0 aromatic heterocycles. The second-order valence-corrected chi connectivity index (χ2v) is 5.82. The molecule has 1 amide bonds. The molecule has 1 N–H and O–H groups in total. The van der Waals surface area contributed by atoms with Gasteiger partial charge in [0.2, 0.25) is 6.10 Å². The van der Waals surface area contributed by atoms with Crippen molar-refractivity contribution in [2.75, 3.05) is 12.4 Å². The van der Waals surface area contributed by atoms with Gasteiger partial charge in [-0.2, -0.15) is 0 Å². The Bertz CT molecular complexity index is 799. The molecule has 0 aliphatic carbocycles. The number of rotatable bonds is 4. The second-order valence-electron chi connectivity index (χ2n) is 5.82. The summed E-state index contributed by atoms with van der Waals surface area (Å²) in [6, 6.07) is 13.4. The zero-order chi connectivity index (χ0) is 17.1. The average Bonchev–Trinajstić information content (AvgIpc) is 3.08. The van der Waals surface area contributed by atoms with Crippen molar-refractivity contribution in [3.05, 3.63) is 59.2 Å². The van der Waals surface area contributed by atoms with E-state index in [9.17, 15) is 4.79 Å². The Morgan fingerprint density at radius 1 is 1.21 bits per heavy atom. The van der Waals surface area contributed by atoms with Gasteiger partial charge in [0.1, 0.15) is 5.75 Å². The number of nitrogens with zero attached hydrogens (tertiary/aromatic N) is 1. The maximum atomic E-state index is 12.4. The zero-order valence-electron chi connectivity index (χ0n) is 14.0. The summed E-state index contributed by atoms with van der Waals surface area (Å²) < 4.78 is 5.34. The van der Waals surface area contributed by atoms with Gasteiger partial charge < -0.3 is 14.9 Å². The lowest BCUT2D eigenvalue weighted by Gasteiger charge is -2.11. The Balaban J connectivity index is 1.68. The molecule has 0 spiro atoms. The van der Waals surface area contributed by atoms with E-state index in [1.165, 1.54) is 5.56 Å². The number of para-hydroxylation sites is 1. The van der Waals surface area contributed by atoms with E-state index < -0.39 is 6.10 Å². The largest absolute Gasteiger partial charge is 0.496 e. The molecule has 1 heterocycles. The smallest absolute Gasteiger partial charge is 0.268 e. The Labute approximate surface area is 141 Å². The van der Waals surface area contributed by atoms with Crippen LogP contribution in [-0.4, -0.2) is 24.8 Å². The van der Waals surface area contributed by atoms with Crippen LogP contribution in [0.5, 0.6) is 5.75 Å². The third kappa shape index (κ3) is 3.25. The van der Waals surface area contributed by atoms with E-state index in [2.05, 4.69) is 10.5 Å². The Morgan fingerprint density at radius 3 is 2.75 bits per heavy atom. The van der Waals surface area contributed by atoms with E-state index >= 15 is 0 Å². The Morgan fingerprint density at radius 2 is 2.00 bits per heavy atom. The monoisotopic (exact) mass is 324 g/mol. The number of oxime groups is 1. The molecule has 0 bridgehead atoms. The van der Waals surface area contributed by atoms with Crippen molar-refractivity contribution in [1.82, 2.24) is 0 Å². The molecule has 5 nitrogen and oxygen atoms in total. The standard InChI is InChI=1S/C19H20N2O3/c1-12-8-9-14(10-13(12)2)20-19(22)18-11-16(21-24-18)15-6-4-5-7-17(15)23-3/h4-10,18H,11H2,1-3H3,(H,20,22). The summed E-state index contributed by atoms with van der Waals surface area (Å²) >= 11 is 0. The van der Waals surface area contributed by atoms with Gasteiger partial charge in [0.15, 0.2) is 0 Å². The number of hydrogen-bond donors (Lipinski definition) is 1. The Kier molecular flexibility index (Phi) is 4.51. The maximum absolute atomic E-state index is 12.4. The first-order valence-corrected chi connectivity index (χ1v) is 7.82. The number of methoxy groups -OCH3 is 1. The lowest BCUT2D eigenvalue weighted by atomic mass is 10.0. The van der Waals surface area contributed by atoms with Crippen molar-refractivity contribution in [2.24, 2.45) is 5.16 Å². The normalized spacial score (nSPS) is 16.3. The third-order valence-electron chi connectivity index (χ3n) is 4.15. The first kappa shape index (κ1) is 16.1. The van der Waals surface area contributed by atoms with Crippen LogP contribution in [0.15, 0.2) is 47.6 Å². The minimum Gasteiger partial charge on any atom is -0.496 e. The van der Waals surface area contributed by atoms with E-state index in [0.29, 0.717) is 12.1 Å². The number of nitrogens with one attached hydrogen (secondary N) is 1. The maximum Gasteiger partial charge on any atom is 0.268 e. The molecule has 3 rings (SSSR count). The number of ether oxygens (including phenoxy) is 1. The van der Waals surface area contributed by atoms with Gasteiger partial charge in [-0.05, 0) is 49.2 Å². The average molecular weight is 324 g/mol. The molecule has 0 fully saturated rings. The topological polar surface area (TPSA) is 59.9 Å². The number of hydrogen-bond acceptors (Lipinski definition) is 4. The molecule has 2 aromatic rings. The molecule has 1 atom stereocenters. The molecule has 5 heteroatoms. The summed E-state index contributed by atoms with van der Waals surface area (Å²) in [5, 5.41) is 6.95. The van der Waals surface area contributed by atoms with Crippen LogP contribution >= 0.6 is 0 Å². The fourth-order valence-electron chi connectivity index (χ4n) is 2.60. The van der Waals surface area contributed by atoms with Crippen molar-refractivity contribution in [1.29, 1.82) is 0 Å². The third-order valence-corrected chi connectivity index (χ3v) is 4.15. The lowest BCUT2D eigenvalue weighted by molar-refractivity contribution is -0.125. The highest BCUT2D eigenvalue weighted by Crippen LogP contribution is 2.25. The van der Waals surface area contributed by atoms with E-state index in [1.807, 2.05) is 56.3 Å². The van der Waals surface area contributed by atoms with Gasteiger partial charge in [0.05, 0.1) is 12.8 Å². The summed E-state index contributed by atoms with van der Waals surface area (Å²) in [6.45, 7) is 4.05. The molecular weight excluding hydrogens is 304 g/mol. The molecular formula is C19H20N2O3.